The van der Waals surface area contributed by atoms with E-state index in [1.54, 1.807) is 0 Å². The summed E-state index contributed by atoms with van der Waals surface area (Å²) in [5, 5.41) is 0. The summed E-state index contributed by atoms with van der Waals surface area (Å²) < 4.78 is 83.0. The van der Waals surface area contributed by atoms with Crippen LogP contribution in [0.2, 0.25) is 0 Å². The highest BCUT2D eigenvalue weighted by Crippen LogP contribution is 2.26. The van der Waals surface area contributed by atoms with E-state index in [1.807, 2.05) is 0 Å². The summed E-state index contributed by atoms with van der Waals surface area (Å²) in [6.45, 7) is 2.52. The molecule has 1 N–H and O–H groups in total. The van der Waals surface area contributed by atoms with Gasteiger partial charge in [0.05, 0.1) is 6.61 Å². The van der Waals surface area contributed by atoms with Crippen LogP contribution in [0, 0.1) is 5.82 Å². The highest BCUT2D eigenvalue weighted by Gasteiger charge is 2.42. The van der Waals surface area contributed by atoms with Crippen molar-refractivity contribution in [2.24, 2.45) is 7.05 Å². The first-order chi connectivity index (χ1) is 10.5. The van der Waals surface area contributed by atoms with E-state index in [0.717, 1.165) is 11.5 Å². The monoisotopic (exact) mass is 360 g/mol. The van der Waals surface area contributed by atoms with Crippen molar-refractivity contribution in [2.45, 2.75) is 37.4 Å². The second-order valence-electron chi connectivity index (χ2n) is 4.61. The molecule has 0 aliphatic rings. The Morgan fingerprint density at radius 3 is 2.39 bits per heavy atom. The third kappa shape index (κ3) is 4.22. The number of hydrogen-bond acceptors (Lipinski definition) is 4. The van der Waals surface area contributed by atoms with Crippen molar-refractivity contribution in [3.8, 4) is 0 Å². The molecule has 11 heteroatoms. The summed E-state index contributed by atoms with van der Waals surface area (Å²) >= 11 is 0. The summed E-state index contributed by atoms with van der Waals surface area (Å²) in [7, 11) is -3.63. The van der Waals surface area contributed by atoms with Gasteiger partial charge in [-0.25, -0.2) is 17.6 Å². The Balaban J connectivity index is 3.25. The van der Waals surface area contributed by atoms with Crippen LogP contribution < -0.4 is 4.72 Å². The molecule has 0 aliphatic carbocycles. The molecule has 132 valence electrons. The molecule has 1 atom stereocenters. The van der Waals surface area contributed by atoms with Crippen LogP contribution in [0.3, 0.4) is 0 Å². The molecule has 1 aromatic heterocycles. The summed E-state index contributed by atoms with van der Waals surface area (Å²) in [4.78, 5) is 10.5. The molecule has 0 saturated carbocycles. The molecule has 23 heavy (non-hydrogen) atoms. The molecule has 0 saturated heterocycles. The Morgan fingerprint density at radius 2 is 1.96 bits per heavy atom. The lowest BCUT2D eigenvalue weighted by Gasteiger charge is -2.19. The number of nitrogens with one attached hydrogen (secondary N) is 1. The topological polar surface area (TPSA) is 77.4 Å². The van der Waals surface area contributed by atoms with Gasteiger partial charge < -0.3 is 9.30 Å². The Labute approximate surface area is 130 Å². The fraction of sp³-hybridized carbons (Fsp3) is 0.583. The van der Waals surface area contributed by atoms with Gasteiger partial charge in [-0.2, -0.15) is 17.9 Å². The number of alkyl halides is 3. The molecular weight excluding hydrogens is 344 g/mol. The van der Waals surface area contributed by atoms with Crippen LogP contribution in [-0.2, 0) is 21.8 Å². The first-order valence-corrected chi connectivity index (χ1v) is 8.05. The lowest BCUT2D eigenvalue weighted by molar-refractivity contribution is -0.151. The van der Waals surface area contributed by atoms with Gasteiger partial charge >= 0.3 is 12.1 Å². The second-order valence-corrected chi connectivity index (χ2v) is 6.29. The van der Waals surface area contributed by atoms with Crippen LogP contribution in [0.4, 0.5) is 17.6 Å². The number of nitrogens with zero attached hydrogens (tertiary/aromatic N) is 1. The average Bonchev–Trinajstić information content (AvgIpc) is 2.71. The van der Waals surface area contributed by atoms with Gasteiger partial charge in [-0.1, -0.05) is 6.92 Å². The van der Waals surface area contributed by atoms with E-state index in [-0.39, 0.29) is 6.61 Å². The molecule has 0 fully saturated rings. The molecule has 0 aromatic carbocycles. The molecule has 6 nitrogen and oxygen atoms in total. The van der Waals surface area contributed by atoms with E-state index < -0.39 is 51.0 Å². The number of aromatic nitrogens is 1. The fourth-order valence-corrected chi connectivity index (χ4v) is 3.25. The van der Waals surface area contributed by atoms with Crippen LogP contribution in [0.5, 0.6) is 0 Å². The molecule has 0 aliphatic heterocycles. The maximum Gasteiger partial charge on any atom is 0.404 e. The van der Waals surface area contributed by atoms with Gasteiger partial charge in [-0.05, 0) is 13.3 Å². The molecule has 1 aromatic rings. The SMILES string of the molecule is CCOC(=O)c1c(F)c(S(=O)(=O)N[C@H](CC)C(F)(F)F)cn1C. The van der Waals surface area contributed by atoms with Crippen molar-refractivity contribution < 1.29 is 35.5 Å². The number of carbonyl (C=O) groups excluding carboxylic acids is 1. The number of esters is 1. The van der Waals surface area contributed by atoms with Crippen molar-refractivity contribution in [2.75, 3.05) is 6.61 Å². The Bertz CT molecular complexity index is 682. The number of carbonyl (C=O) groups is 1. The Hall–Kier alpha value is -1.62. The number of hydrogen-bond donors (Lipinski definition) is 1. The maximum absolute atomic E-state index is 14.2. The number of sulfonamides is 1. The summed E-state index contributed by atoms with van der Waals surface area (Å²) in [5.74, 6) is -2.58. The Kier molecular flexibility index (Phi) is 5.80. The molecule has 0 amide bonds. The first kappa shape index (κ1) is 19.4. The van der Waals surface area contributed by atoms with Gasteiger partial charge in [0.15, 0.2) is 11.5 Å². The van der Waals surface area contributed by atoms with Gasteiger partial charge in [0.25, 0.3) is 0 Å². The van der Waals surface area contributed by atoms with E-state index in [0.29, 0.717) is 6.20 Å². The number of halogens is 4. The van der Waals surface area contributed by atoms with Crippen molar-refractivity contribution in [3.05, 3.63) is 17.7 Å². The largest absolute Gasteiger partial charge is 0.461 e. The van der Waals surface area contributed by atoms with Crippen molar-refractivity contribution >= 4 is 16.0 Å². The molecule has 0 bridgehead atoms. The maximum atomic E-state index is 14.2. The molecule has 0 unspecified atom stereocenters. The van der Waals surface area contributed by atoms with Crippen LogP contribution in [-0.4, -0.2) is 37.8 Å². The van der Waals surface area contributed by atoms with Crippen molar-refractivity contribution in [1.29, 1.82) is 0 Å². The zero-order chi connectivity index (χ0) is 18.0. The Morgan fingerprint density at radius 1 is 1.39 bits per heavy atom. The number of aryl methyl sites for hydroxylation is 1. The third-order valence-electron chi connectivity index (χ3n) is 2.95. The fourth-order valence-electron chi connectivity index (χ4n) is 1.82. The summed E-state index contributed by atoms with van der Waals surface area (Å²) in [5.41, 5.74) is -0.688. The summed E-state index contributed by atoms with van der Waals surface area (Å²) in [6.07, 6.45) is -4.67. The van der Waals surface area contributed by atoms with Crippen LogP contribution in [0.1, 0.15) is 30.8 Å². The average molecular weight is 360 g/mol. The van der Waals surface area contributed by atoms with Crippen LogP contribution in [0.15, 0.2) is 11.1 Å². The predicted molar refractivity (Wildman–Crippen MR) is 71.8 cm³/mol. The van der Waals surface area contributed by atoms with E-state index in [2.05, 4.69) is 4.74 Å². The minimum absolute atomic E-state index is 0.0736. The highest BCUT2D eigenvalue weighted by molar-refractivity contribution is 7.89. The highest BCUT2D eigenvalue weighted by atomic mass is 32.2. The lowest BCUT2D eigenvalue weighted by Crippen LogP contribution is -2.44. The zero-order valence-electron chi connectivity index (χ0n) is 12.6. The van der Waals surface area contributed by atoms with E-state index in [1.165, 1.54) is 18.7 Å². The van der Waals surface area contributed by atoms with Crippen LogP contribution in [0.25, 0.3) is 0 Å². The molecule has 1 heterocycles. The number of ether oxygens (including phenoxy) is 1. The van der Waals surface area contributed by atoms with Gasteiger partial charge in [-0.15, -0.1) is 0 Å². The van der Waals surface area contributed by atoms with Gasteiger partial charge in [-0.3, -0.25) is 0 Å². The minimum Gasteiger partial charge on any atom is -0.461 e. The normalized spacial score (nSPS) is 13.9. The quantitative estimate of drug-likeness (QED) is 0.621. The minimum atomic E-state index is -4.82. The second kappa shape index (κ2) is 6.87. The van der Waals surface area contributed by atoms with E-state index in [9.17, 15) is 30.8 Å². The van der Waals surface area contributed by atoms with E-state index >= 15 is 0 Å². The third-order valence-corrected chi connectivity index (χ3v) is 4.41. The zero-order valence-corrected chi connectivity index (χ0v) is 13.4. The van der Waals surface area contributed by atoms with Crippen LogP contribution >= 0.6 is 0 Å². The predicted octanol–water partition coefficient (Wildman–Crippen LogP) is 1.96. The molecule has 0 spiro atoms. The lowest BCUT2D eigenvalue weighted by atomic mass is 10.2. The van der Waals surface area contributed by atoms with Gasteiger partial charge in [0, 0.05) is 13.2 Å². The molecular formula is C12H16F4N2O4S. The standard InChI is InChI=1S/C12H16F4N2O4S/c1-4-8(12(14,15)16)17-23(20,21)7-6-18(3)10(9(7)13)11(19)22-5-2/h6,8,17H,4-5H2,1-3H3/t8-/m1/s1. The smallest absolute Gasteiger partial charge is 0.404 e. The van der Waals surface area contributed by atoms with E-state index in [4.69, 9.17) is 0 Å². The molecule has 1 rings (SSSR count). The van der Waals surface area contributed by atoms with Gasteiger partial charge in [0.2, 0.25) is 10.0 Å². The summed E-state index contributed by atoms with van der Waals surface area (Å²) in [6, 6.07) is -2.36. The van der Waals surface area contributed by atoms with Crippen molar-refractivity contribution in [3.63, 3.8) is 0 Å². The number of rotatable bonds is 6. The van der Waals surface area contributed by atoms with Gasteiger partial charge in [0.1, 0.15) is 10.9 Å². The molecule has 0 radical (unpaired) electrons. The van der Waals surface area contributed by atoms with Crippen molar-refractivity contribution in [1.82, 2.24) is 9.29 Å². The first-order valence-electron chi connectivity index (χ1n) is 6.56.